The van der Waals surface area contributed by atoms with Crippen molar-refractivity contribution in [3.8, 4) is 0 Å². The van der Waals surface area contributed by atoms with Crippen LogP contribution >= 0.6 is 0 Å². The summed E-state index contributed by atoms with van der Waals surface area (Å²) < 4.78 is 13.7. The average Bonchev–Trinajstić information content (AvgIpc) is 2.95. The number of hydrogen-bond acceptors (Lipinski definition) is 3. The minimum absolute atomic E-state index is 0.340. The average molecular weight is 300 g/mol. The van der Waals surface area contributed by atoms with E-state index in [0.29, 0.717) is 18.2 Å². The Hall–Kier alpha value is -1.91. The van der Waals surface area contributed by atoms with E-state index in [1.54, 1.807) is 18.2 Å². The molecule has 1 saturated heterocycles. The first-order valence-electron chi connectivity index (χ1n) is 7.69. The third kappa shape index (κ3) is 3.64. The lowest BCUT2D eigenvalue weighted by Crippen LogP contribution is -2.30. The van der Waals surface area contributed by atoms with E-state index in [4.69, 9.17) is 0 Å². The molecule has 1 fully saturated rings. The number of halogens is 1. The van der Waals surface area contributed by atoms with E-state index >= 15 is 0 Å². The third-order valence-electron chi connectivity index (χ3n) is 4.11. The van der Waals surface area contributed by atoms with Gasteiger partial charge in [-0.2, -0.15) is 0 Å². The second-order valence-electron chi connectivity index (χ2n) is 5.79. The molecule has 1 aliphatic heterocycles. The van der Waals surface area contributed by atoms with E-state index < -0.39 is 6.10 Å². The maximum Gasteiger partial charge on any atom is 0.129 e. The molecular weight excluding hydrogens is 279 g/mol. The second-order valence-corrected chi connectivity index (χ2v) is 5.79. The third-order valence-corrected chi connectivity index (χ3v) is 4.11. The summed E-state index contributed by atoms with van der Waals surface area (Å²) in [6, 6.07) is 16.9. The zero-order valence-corrected chi connectivity index (χ0v) is 12.5. The molecule has 0 spiro atoms. The molecule has 0 aromatic heterocycles. The molecule has 3 rings (SSSR count). The predicted octanol–water partition coefficient (Wildman–Crippen LogP) is 3.05. The van der Waals surface area contributed by atoms with Gasteiger partial charge in [0.15, 0.2) is 0 Å². The van der Waals surface area contributed by atoms with E-state index in [1.807, 2.05) is 18.2 Å². The Morgan fingerprint density at radius 3 is 2.64 bits per heavy atom. The molecule has 4 heteroatoms. The van der Waals surface area contributed by atoms with E-state index in [2.05, 4.69) is 22.3 Å². The van der Waals surface area contributed by atoms with Gasteiger partial charge in [-0.1, -0.05) is 36.4 Å². The molecule has 2 aromatic rings. The fourth-order valence-corrected chi connectivity index (χ4v) is 2.97. The Bertz CT molecular complexity index is 605. The lowest BCUT2D eigenvalue weighted by Gasteiger charge is -2.21. The van der Waals surface area contributed by atoms with Crippen molar-refractivity contribution in [1.29, 1.82) is 0 Å². The number of β-amino-alcohol motifs (C(OH)–C–C–N with tert-alkyl or cyclic N) is 1. The Morgan fingerprint density at radius 2 is 1.86 bits per heavy atom. The normalized spacial score (nSPS) is 20.0. The summed E-state index contributed by atoms with van der Waals surface area (Å²) in [6.07, 6.45) is 0.246. The number of aliphatic hydroxyl groups is 1. The van der Waals surface area contributed by atoms with Gasteiger partial charge in [0.1, 0.15) is 5.82 Å². The van der Waals surface area contributed by atoms with E-state index in [0.717, 1.165) is 25.2 Å². The number of anilines is 1. The number of aliphatic hydroxyl groups excluding tert-OH is 1. The van der Waals surface area contributed by atoms with Crippen LogP contribution in [0.15, 0.2) is 54.6 Å². The summed E-state index contributed by atoms with van der Waals surface area (Å²) in [5, 5.41) is 13.7. The van der Waals surface area contributed by atoms with E-state index in [-0.39, 0.29) is 5.82 Å². The van der Waals surface area contributed by atoms with E-state index in [9.17, 15) is 9.50 Å². The molecule has 2 aromatic carbocycles. The van der Waals surface area contributed by atoms with Crippen molar-refractivity contribution in [2.24, 2.45) is 0 Å². The van der Waals surface area contributed by atoms with Crippen LogP contribution in [0, 0.1) is 5.82 Å². The first kappa shape index (κ1) is 15.0. The molecule has 22 heavy (non-hydrogen) atoms. The van der Waals surface area contributed by atoms with Gasteiger partial charge in [0, 0.05) is 36.9 Å². The minimum Gasteiger partial charge on any atom is -0.387 e. The molecular formula is C18H21FN2O. The van der Waals surface area contributed by atoms with Crippen LogP contribution in [0.25, 0.3) is 0 Å². The SMILES string of the molecule is OC(CN1CCC(Nc2ccccc2)C1)c1ccccc1F. The number of para-hydroxylation sites is 1. The number of nitrogens with one attached hydrogen (secondary N) is 1. The zero-order valence-electron chi connectivity index (χ0n) is 12.5. The topological polar surface area (TPSA) is 35.5 Å². The first-order valence-corrected chi connectivity index (χ1v) is 7.69. The highest BCUT2D eigenvalue weighted by atomic mass is 19.1. The first-order chi connectivity index (χ1) is 10.7. The zero-order chi connectivity index (χ0) is 15.4. The Balaban J connectivity index is 1.54. The summed E-state index contributed by atoms with van der Waals surface area (Å²) in [5.41, 5.74) is 1.49. The molecule has 1 aliphatic rings. The quantitative estimate of drug-likeness (QED) is 0.891. The highest BCUT2D eigenvalue weighted by Gasteiger charge is 2.25. The van der Waals surface area contributed by atoms with Gasteiger partial charge in [-0.05, 0) is 24.6 Å². The fourth-order valence-electron chi connectivity index (χ4n) is 2.97. The van der Waals surface area contributed by atoms with Crippen LogP contribution in [0.1, 0.15) is 18.1 Å². The largest absolute Gasteiger partial charge is 0.387 e. The summed E-state index contributed by atoms with van der Waals surface area (Å²) in [7, 11) is 0. The van der Waals surface area contributed by atoms with Crippen LogP contribution in [0.2, 0.25) is 0 Å². The number of likely N-dealkylation sites (tertiary alicyclic amines) is 1. The van der Waals surface area contributed by atoms with Crippen molar-refractivity contribution in [2.75, 3.05) is 25.0 Å². The predicted molar refractivity (Wildman–Crippen MR) is 86.3 cm³/mol. The van der Waals surface area contributed by atoms with Crippen LogP contribution < -0.4 is 5.32 Å². The molecule has 2 N–H and O–H groups in total. The Labute approximate surface area is 130 Å². The molecule has 2 atom stereocenters. The minimum atomic E-state index is -0.781. The maximum atomic E-state index is 13.7. The lowest BCUT2D eigenvalue weighted by atomic mass is 10.1. The van der Waals surface area contributed by atoms with Crippen molar-refractivity contribution < 1.29 is 9.50 Å². The number of benzene rings is 2. The van der Waals surface area contributed by atoms with Gasteiger partial charge < -0.3 is 10.4 Å². The van der Waals surface area contributed by atoms with Crippen molar-refractivity contribution in [1.82, 2.24) is 4.90 Å². The number of hydrogen-bond donors (Lipinski definition) is 2. The molecule has 0 bridgehead atoms. The van der Waals surface area contributed by atoms with Crippen molar-refractivity contribution in [3.05, 3.63) is 66.0 Å². The summed E-state index contributed by atoms with van der Waals surface area (Å²) in [5.74, 6) is -0.340. The highest BCUT2D eigenvalue weighted by Crippen LogP contribution is 2.21. The van der Waals surface area contributed by atoms with Gasteiger partial charge in [-0.3, -0.25) is 4.90 Å². The Kier molecular flexibility index (Phi) is 4.71. The lowest BCUT2D eigenvalue weighted by molar-refractivity contribution is 0.122. The van der Waals surface area contributed by atoms with Crippen LogP contribution in [-0.2, 0) is 0 Å². The molecule has 3 nitrogen and oxygen atoms in total. The van der Waals surface area contributed by atoms with Gasteiger partial charge >= 0.3 is 0 Å². The van der Waals surface area contributed by atoms with Gasteiger partial charge in [-0.15, -0.1) is 0 Å². The van der Waals surface area contributed by atoms with Gasteiger partial charge in [0.2, 0.25) is 0 Å². The van der Waals surface area contributed by atoms with Crippen molar-refractivity contribution in [3.63, 3.8) is 0 Å². The smallest absolute Gasteiger partial charge is 0.129 e. The van der Waals surface area contributed by atoms with Crippen molar-refractivity contribution >= 4 is 5.69 Å². The summed E-state index contributed by atoms with van der Waals surface area (Å²) >= 11 is 0. The molecule has 116 valence electrons. The van der Waals surface area contributed by atoms with Gasteiger partial charge in [0.25, 0.3) is 0 Å². The van der Waals surface area contributed by atoms with Gasteiger partial charge in [-0.25, -0.2) is 4.39 Å². The molecule has 0 amide bonds. The van der Waals surface area contributed by atoms with Crippen LogP contribution in [0.4, 0.5) is 10.1 Å². The number of rotatable bonds is 5. The van der Waals surface area contributed by atoms with Crippen LogP contribution in [-0.4, -0.2) is 35.7 Å². The monoisotopic (exact) mass is 300 g/mol. The number of nitrogens with zero attached hydrogens (tertiary/aromatic N) is 1. The standard InChI is InChI=1S/C18H21FN2O/c19-17-9-5-4-8-16(17)18(22)13-21-11-10-15(12-21)20-14-6-2-1-3-7-14/h1-9,15,18,20,22H,10-13H2. The molecule has 1 heterocycles. The van der Waals surface area contributed by atoms with E-state index in [1.165, 1.54) is 6.07 Å². The van der Waals surface area contributed by atoms with Crippen LogP contribution in [0.5, 0.6) is 0 Å². The van der Waals surface area contributed by atoms with Gasteiger partial charge in [0.05, 0.1) is 6.10 Å². The summed E-state index contributed by atoms with van der Waals surface area (Å²) in [4.78, 5) is 2.18. The highest BCUT2D eigenvalue weighted by molar-refractivity contribution is 5.43. The fraction of sp³-hybridized carbons (Fsp3) is 0.333. The second kappa shape index (κ2) is 6.90. The molecule has 0 saturated carbocycles. The summed E-state index contributed by atoms with van der Waals surface area (Å²) in [6.45, 7) is 2.24. The van der Waals surface area contributed by atoms with Crippen LogP contribution in [0.3, 0.4) is 0 Å². The Morgan fingerprint density at radius 1 is 1.14 bits per heavy atom. The maximum absolute atomic E-state index is 13.7. The molecule has 0 radical (unpaired) electrons. The van der Waals surface area contributed by atoms with Crippen molar-refractivity contribution in [2.45, 2.75) is 18.6 Å². The molecule has 0 aliphatic carbocycles. The molecule has 2 unspecified atom stereocenters.